The molecule has 0 bridgehead atoms. The molecule has 0 saturated carbocycles. The summed E-state index contributed by atoms with van der Waals surface area (Å²) in [6.07, 6.45) is 4.18. The van der Waals surface area contributed by atoms with Gasteiger partial charge in [0.25, 0.3) is 0 Å². The predicted octanol–water partition coefficient (Wildman–Crippen LogP) is 1.90. The zero-order chi connectivity index (χ0) is 21.1. The van der Waals surface area contributed by atoms with Gasteiger partial charge < -0.3 is 9.80 Å². The molecular weight excluding hydrogens is 446 g/mol. The molecule has 3 fully saturated rings. The highest BCUT2D eigenvalue weighted by Gasteiger charge is 2.34. The van der Waals surface area contributed by atoms with Crippen LogP contribution in [0, 0.1) is 0 Å². The van der Waals surface area contributed by atoms with Gasteiger partial charge in [-0.05, 0) is 50.3 Å². The Morgan fingerprint density at radius 1 is 1.03 bits per heavy atom. The van der Waals surface area contributed by atoms with Crippen molar-refractivity contribution in [1.29, 1.82) is 0 Å². The first-order chi connectivity index (χ1) is 14.5. The van der Waals surface area contributed by atoms with E-state index in [0.29, 0.717) is 25.7 Å². The lowest BCUT2D eigenvalue weighted by Crippen LogP contribution is -2.55. The van der Waals surface area contributed by atoms with Crippen LogP contribution in [0.4, 0.5) is 0 Å². The van der Waals surface area contributed by atoms with Gasteiger partial charge in [0.05, 0.1) is 6.54 Å². The number of nitrogens with zero attached hydrogens (tertiary/aromatic N) is 3. The molecule has 0 radical (unpaired) electrons. The SMILES string of the molecule is CC1CCCCN1C(=O)CN1CCN(C(=O)C2CC(c3ccc(Br)cc3)NN2)CC1. The maximum atomic E-state index is 13.0. The first-order valence-corrected chi connectivity index (χ1v) is 11.9. The van der Waals surface area contributed by atoms with Crippen LogP contribution in [0.15, 0.2) is 28.7 Å². The molecule has 7 nitrogen and oxygen atoms in total. The maximum absolute atomic E-state index is 13.0. The number of likely N-dealkylation sites (tertiary alicyclic amines) is 1. The minimum Gasteiger partial charge on any atom is -0.339 e. The number of hydrazine groups is 1. The molecule has 3 unspecified atom stereocenters. The van der Waals surface area contributed by atoms with Crippen molar-refractivity contribution < 1.29 is 9.59 Å². The smallest absolute Gasteiger partial charge is 0.241 e. The second kappa shape index (κ2) is 9.77. The fourth-order valence-corrected chi connectivity index (χ4v) is 4.99. The Morgan fingerprint density at radius 3 is 2.47 bits per heavy atom. The second-order valence-electron chi connectivity index (χ2n) is 8.71. The molecule has 1 aromatic rings. The second-order valence-corrected chi connectivity index (χ2v) is 9.63. The van der Waals surface area contributed by atoms with E-state index in [9.17, 15) is 9.59 Å². The van der Waals surface area contributed by atoms with E-state index in [1.165, 1.54) is 12.0 Å². The highest BCUT2D eigenvalue weighted by molar-refractivity contribution is 9.10. The Morgan fingerprint density at radius 2 is 1.77 bits per heavy atom. The molecule has 3 saturated heterocycles. The summed E-state index contributed by atoms with van der Waals surface area (Å²) in [5.74, 6) is 0.388. The Balaban J connectivity index is 1.23. The van der Waals surface area contributed by atoms with Crippen LogP contribution in [0.5, 0.6) is 0 Å². The van der Waals surface area contributed by atoms with Crippen LogP contribution < -0.4 is 10.9 Å². The normalized spacial score (nSPS) is 28.0. The number of carbonyl (C=O) groups is 2. The predicted molar refractivity (Wildman–Crippen MR) is 120 cm³/mol. The van der Waals surface area contributed by atoms with E-state index in [2.05, 4.69) is 50.7 Å². The number of hydrogen-bond acceptors (Lipinski definition) is 5. The number of hydrogen-bond donors (Lipinski definition) is 2. The summed E-state index contributed by atoms with van der Waals surface area (Å²) < 4.78 is 1.05. The van der Waals surface area contributed by atoms with Gasteiger partial charge in [0.15, 0.2) is 0 Å². The van der Waals surface area contributed by atoms with E-state index in [0.717, 1.165) is 43.4 Å². The number of amides is 2. The van der Waals surface area contributed by atoms with Gasteiger partial charge >= 0.3 is 0 Å². The maximum Gasteiger partial charge on any atom is 0.241 e. The first kappa shape index (κ1) is 21.7. The van der Waals surface area contributed by atoms with Crippen LogP contribution >= 0.6 is 15.9 Å². The number of piperidine rings is 1. The van der Waals surface area contributed by atoms with Crippen LogP contribution in [0.25, 0.3) is 0 Å². The van der Waals surface area contributed by atoms with E-state index >= 15 is 0 Å². The lowest BCUT2D eigenvalue weighted by molar-refractivity contribution is -0.137. The molecule has 3 atom stereocenters. The van der Waals surface area contributed by atoms with Crippen molar-refractivity contribution in [3.8, 4) is 0 Å². The lowest BCUT2D eigenvalue weighted by atomic mass is 10.0. The van der Waals surface area contributed by atoms with Crippen LogP contribution in [-0.4, -0.2) is 77.9 Å². The third-order valence-electron chi connectivity index (χ3n) is 6.64. The summed E-state index contributed by atoms with van der Waals surface area (Å²) >= 11 is 3.46. The Hall–Kier alpha value is -1.48. The first-order valence-electron chi connectivity index (χ1n) is 11.1. The molecule has 8 heteroatoms. The number of piperazine rings is 1. The molecule has 3 aliphatic rings. The minimum absolute atomic E-state index is 0.137. The summed E-state index contributed by atoms with van der Waals surface area (Å²) in [5.41, 5.74) is 7.62. The van der Waals surface area contributed by atoms with Crippen molar-refractivity contribution in [2.75, 3.05) is 39.3 Å². The largest absolute Gasteiger partial charge is 0.339 e. The van der Waals surface area contributed by atoms with Crippen LogP contribution in [-0.2, 0) is 9.59 Å². The lowest BCUT2D eigenvalue weighted by Gasteiger charge is -2.38. The molecule has 3 heterocycles. The van der Waals surface area contributed by atoms with Gasteiger partial charge in [0.1, 0.15) is 6.04 Å². The van der Waals surface area contributed by atoms with Gasteiger partial charge in [-0.2, -0.15) is 0 Å². The molecule has 1 aromatic carbocycles. The van der Waals surface area contributed by atoms with Crippen LogP contribution in [0.1, 0.15) is 44.2 Å². The van der Waals surface area contributed by atoms with E-state index in [-0.39, 0.29) is 23.9 Å². The van der Waals surface area contributed by atoms with Gasteiger partial charge in [-0.1, -0.05) is 28.1 Å². The van der Waals surface area contributed by atoms with E-state index in [1.54, 1.807) is 0 Å². The Bertz CT molecular complexity index is 750. The number of rotatable bonds is 4. The van der Waals surface area contributed by atoms with Crippen molar-refractivity contribution in [2.24, 2.45) is 0 Å². The molecule has 3 aliphatic heterocycles. The molecule has 30 heavy (non-hydrogen) atoms. The zero-order valence-corrected chi connectivity index (χ0v) is 19.2. The molecule has 2 N–H and O–H groups in total. The van der Waals surface area contributed by atoms with Crippen LogP contribution in [0.2, 0.25) is 0 Å². The summed E-state index contributed by atoms with van der Waals surface area (Å²) in [5, 5.41) is 0. The van der Waals surface area contributed by atoms with Crippen molar-refractivity contribution in [3.63, 3.8) is 0 Å². The van der Waals surface area contributed by atoms with Gasteiger partial charge in [0, 0.05) is 49.3 Å². The minimum atomic E-state index is -0.207. The molecule has 0 aromatic heterocycles. The van der Waals surface area contributed by atoms with Crippen molar-refractivity contribution in [3.05, 3.63) is 34.3 Å². The summed E-state index contributed by atoms with van der Waals surface area (Å²) in [6.45, 7) is 6.40. The average Bonchev–Trinajstić information content (AvgIpc) is 3.25. The standard InChI is InChI=1S/C22H32BrN5O2/c1-16-4-2-3-9-28(16)21(29)15-26-10-12-27(13-11-26)22(30)20-14-19(24-25-20)17-5-7-18(23)8-6-17/h5-8,16,19-20,24-25H,2-4,9-15H2,1H3. The molecule has 0 aliphatic carbocycles. The van der Waals surface area contributed by atoms with E-state index in [1.807, 2.05) is 21.9 Å². The quantitative estimate of drug-likeness (QED) is 0.692. The third-order valence-corrected chi connectivity index (χ3v) is 7.17. The highest BCUT2D eigenvalue weighted by Crippen LogP contribution is 2.25. The van der Waals surface area contributed by atoms with Crippen LogP contribution in [0.3, 0.4) is 0 Å². The van der Waals surface area contributed by atoms with Gasteiger partial charge in [-0.15, -0.1) is 0 Å². The van der Waals surface area contributed by atoms with Crippen molar-refractivity contribution in [2.45, 2.75) is 50.7 Å². The number of benzene rings is 1. The van der Waals surface area contributed by atoms with Gasteiger partial charge in [-0.25, -0.2) is 10.9 Å². The fourth-order valence-electron chi connectivity index (χ4n) is 4.73. The Kier molecular flexibility index (Phi) is 7.08. The molecule has 2 amide bonds. The molecule has 164 valence electrons. The summed E-state index contributed by atoms with van der Waals surface area (Å²) in [7, 11) is 0. The van der Waals surface area contributed by atoms with Crippen molar-refractivity contribution in [1.82, 2.24) is 25.6 Å². The molecular formula is C22H32BrN5O2. The van der Waals surface area contributed by atoms with Crippen molar-refractivity contribution >= 4 is 27.7 Å². The Labute approximate surface area is 187 Å². The monoisotopic (exact) mass is 477 g/mol. The topological polar surface area (TPSA) is 67.9 Å². The summed E-state index contributed by atoms with van der Waals surface area (Å²) in [4.78, 5) is 31.8. The molecule has 0 spiro atoms. The zero-order valence-electron chi connectivity index (χ0n) is 17.6. The highest BCUT2D eigenvalue weighted by atomic mass is 79.9. The summed E-state index contributed by atoms with van der Waals surface area (Å²) in [6, 6.07) is 8.49. The fraction of sp³-hybridized carbons (Fsp3) is 0.636. The van der Waals surface area contributed by atoms with E-state index in [4.69, 9.17) is 0 Å². The third kappa shape index (κ3) is 5.04. The number of carbonyl (C=O) groups excluding carboxylic acids is 2. The molecule has 4 rings (SSSR count). The van der Waals surface area contributed by atoms with Gasteiger partial charge in [0.2, 0.25) is 11.8 Å². The number of halogens is 1. The van der Waals surface area contributed by atoms with E-state index < -0.39 is 0 Å². The number of nitrogens with one attached hydrogen (secondary N) is 2. The van der Waals surface area contributed by atoms with Gasteiger partial charge in [-0.3, -0.25) is 14.5 Å². The average molecular weight is 478 g/mol.